The molecule has 0 saturated heterocycles. The summed E-state index contributed by atoms with van der Waals surface area (Å²) in [6.45, 7) is 2.09. The van der Waals surface area contributed by atoms with Gasteiger partial charge in [0.05, 0.1) is 5.71 Å². The van der Waals surface area contributed by atoms with E-state index in [1.165, 1.54) is 4.88 Å². The SMILES string of the molecule is CC1Cc2sccc2/C1=N/O. The Labute approximate surface area is 69.2 Å². The lowest BCUT2D eigenvalue weighted by atomic mass is 10.1. The summed E-state index contributed by atoms with van der Waals surface area (Å²) in [7, 11) is 0. The molecule has 58 valence electrons. The Hall–Kier alpha value is -0.830. The van der Waals surface area contributed by atoms with Crippen molar-refractivity contribution >= 4 is 17.0 Å². The lowest BCUT2D eigenvalue weighted by molar-refractivity contribution is 0.316. The van der Waals surface area contributed by atoms with Gasteiger partial charge in [0, 0.05) is 16.4 Å². The number of thiophene rings is 1. The van der Waals surface area contributed by atoms with E-state index in [0.717, 1.165) is 17.7 Å². The Kier molecular flexibility index (Phi) is 1.46. The van der Waals surface area contributed by atoms with Gasteiger partial charge >= 0.3 is 0 Å². The minimum atomic E-state index is 0.391. The van der Waals surface area contributed by atoms with E-state index in [4.69, 9.17) is 5.21 Å². The van der Waals surface area contributed by atoms with Crippen LogP contribution in [0.25, 0.3) is 0 Å². The molecule has 1 aromatic heterocycles. The van der Waals surface area contributed by atoms with Crippen molar-refractivity contribution in [1.29, 1.82) is 0 Å². The van der Waals surface area contributed by atoms with E-state index in [1.54, 1.807) is 11.3 Å². The molecule has 0 saturated carbocycles. The van der Waals surface area contributed by atoms with Gasteiger partial charge in [-0.25, -0.2) is 0 Å². The maximum absolute atomic E-state index is 8.69. The first kappa shape index (κ1) is 6.85. The molecule has 1 unspecified atom stereocenters. The summed E-state index contributed by atoms with van der Waals surface area (Å²) in [6.07, 6.45) is 1.03. The van der Waals surface area contributed by atoms with Gasteiger partial charge in [-0.15, -0.1) is 11.3 Å². The predicted octanol–water partition coefficient (Wildman–Crippen LogP) is 2.12. The molecule has 2 rings (SSSR count). The van der Waals surface area contributed by atoms with Crippen molar-refractivity contribution in [2.45, 2.75) is 13.3 Å². The molecule has 1 atom stereocenters. The lowest BCUT2D eigenvalue weighted by Gasteiger charge is -1.99. The fourth-order valence-electron chi connectivity index (χ4n) is 1.52. The first-order chi connectivity index (χ1) is 5.33. The zero-order chi connectivity index (χ0) is 7.84. The van der Waals surface area contributed by atoms with Gasteiger partial charge in [-0.2, -0.15) is 0 Å². The molecule has 0 spiro atoms. The molecule has 0 fully saturated rings. The highest BCUT2D eigenvalue weighted by Crippen LogP contribution is 2.30. The summed E-state index contributed by atoms with van der Waals surface area (Å²) >= 11 is 1.74. The van der Waals surface area contributed by atoms with Gasteiger partial charge in [-0.1, -0.05) is 12.1 Å². The van der Waals surface area contributed by atoms with Crippen LogP contribution in [-0.4, -0.2) is 10.9 Å². The third kappa shape index (κ3) is 0.878. The number of rotatable bonds is 0. The van der Waals surface area contributed by atoms with Crippen LogP contribution in [-0.2, 0) is 6.42 Å². The van der Waals surface area contributed by atoms with Crippen molar-refractivity contribution in [3.63, 3.8) is 0 Å². The summed E-state index contributed by atoms with van der Waals surface area (Å²) < 4.78 is 0. The number of hydrogen-bond donors (Lipinski definition) is 1. The second-order valence-corrected chi connectivity index (χ2v) is 3.85. The smallest absolute Gasteiger partial charge is 0.0910 e. The summed E-state index contributed by atoms with van der Waals surface area (Å²) in [5.41, 5.74) is 1.99. The van der Waals surface area contributed by atoms with Crippen LogP contribution in [0.2, 0.25) is 0 Å². The molecule has 0 aliphatic heterocycles. The molecule has 1 N–H and O–H groups in total. The monoisotopic (exact) mass is 167 g/mol. The molecule has 1 aliphatic rings. The minimum absolute atomic E-state index is 0.391. The molecule has 0 amide bonds. The third-order valence-corrected chi connectivity index (χ3v) is 3.03. The molecule has 1 heterocycles. The highest BCUT2D eigenvalue weighted by molar-refractivity contribution is 7.10. The average molecular weight is 167 g/mol. The van der Waals surface area contributed by atoms with Crippen LogP contribution >= 0.6 is 11.3 Å². The zero-order valence-electron chi connectivity index (χ0n) is 6.24. The normalized spacial score (nSPS) is 25.9. The summed E-state index contributed by atoms with van der Waals surface area (Å²) in [5, 5.41) is 14.0. The molecule has 2 nitrogen and oxygen atoms in total. The van der Waals surface area contributed by atoms with E-state index in [-0.39, 0.29) is 0 Å². The van der Waals surface area contributed by atoms with Crippen molar-refractivity contribution in [3.8, 4) is 0 Å². The zero-order valence-corrected chi connectivity index (χ0v) is 7.06. The van der Waals surface area contributed by atoms with Gasteiger partial charge in [0.15, 0.2) is 0 Å². The molecule has 0 aromatic carbocycles. The van der Waals surface area contributed by atoms with Crippen LogP contribution in [0.15, 0.2) is 16.6 Å². The van der Waals surface area contributed by atoms with Gasteiger partial charge in [-0.05, 0) is 17.9 Å². The van der Waals surface area contributed by atoms with E-state index >= 15 is 0 Å². The van der Waals surface area contributed by atoms with E-state index in [1.807, 2.05) is 11.4 Å². The molecule has 11 heavy (non-hydrogen) atoms. The molecule has 3 heteroatoms. The summed E-state index contributed by atoms with van der Waals surface area (Å²) in [5.74, 6) is 0.391. The molecular formula is C8H9NOS. The van der Waals surface area contributed by atoms with E-state index in [9.17, 15) is 0 Å². The van der Waals surface area contributed by atoms with Gasteiger partial charge in [0.2, 0.25) is 0 Å². The van der Waals surface area contributed by atoms with E-state index < -0.39 is 0 Å². The Morgan fingerprint density at radius 2 is 2.55 bits per heavy atom. The number of nitrogens with zero attached hydrogens (tertiary/aromatic N) is 1. The fourth-order valence-corrected chi connectivity index (χ4v) is 2.53. The Morgan fingerprint density at radius 3 is 3.27 bits per heavy atom. The average Bonchev–Trinajstić information content (AvgIpc) is 2.46. The van der Waals surface area contributed by atoms with E-state index in [2.05, 4.69) is 12.1 Å². The van der Waals surface area contributed by atoms with Gasteiger partial charge < -0.3 is 5.21 Å². The van der Waals surface area contributed by atoms with Crippen LogP contribution in [0.4, 0.5) is 0 Å². The van der Waals surface area contributed by atoms with Crippen LogP contribution in [0.5, 0.6) is 0 Å². The highest BCUT2D eigenvalue weighted by Gasteiger charge is 2.26. The van der Waals surface area contributed by atoms with Crippen LogP contribution in [0.1, 0.15) is 17.4 Å². The van der Waals surface area contributed by atoms with Crippen LogP contribution in [0.3, 0.4) is 0 Å². The minimum Gasteiger partial charge on any atom is -0.411 e. The van der Waals surface area contributed by atoms with Crippen LogP contribution < -0.4 is 0 Å². The Morgan fingerprint density at radius 1 is 1.73 bits per heavy atom. The lowest BCUT2D eigenvalue weighted by Crippen LogP contribution is -2.05. The molecule has 0 radical (unpaired) electrons. The molecule has 1 aliphatic carbocycles. The first-order valence-corrected chi connectivity index (χ1v) is 4.49. The quantitative estimate of drug-likeness (QED) is 0.466. The third-order valence-electron chi connectivity index (χ3n) is 2.09. The fraction of sp³-hybridized carbons (Fsp3) is 0.375. The standard InChI is InChI=1S/C8H9NOS/c1-5-4-7-6(2-3-11-7)8(5)9-10/h2-3,5,10H,4H2,1H3/b9-8+. The maximum Gasteiger partial charge on any atom is 0.0910 e. The van der Waals surface area contributed by atoms with Crippen LogP contribution in [0, 0.1) is 5.92 Å². The maximum atomic E-state index is 8.69. The van der Waals surface area contributed by atoms with Crippen molar-refractivity contribution < 1.29 is 5.21 Å². The summed E-state index contributed by atoms with van der Waals surface area (Å²) in [6, 6.07) is 2.03. The van der Waals surface area contributed by atoms with E-state index in [0.29, 0.717) is 5.92 Å². The topological polar surface area (TPSA) is 32.6 Å². The summed E-state index contributed by atoms with van der Waals surface area (Å²) in [4.78, 5) is 1.35. The van der Waals surface area contributed by atoms with Crippen molar-refractivity contribution in [3.05, 3.63) is 21.9 Å². The Bertz CT molecular complexity index is 303. The molecule has 0 bridgehead atoms. The largest absolute Gasteiger partial charge is 0.411 e. The van der Waals surface area contributed by atoms with Gasteiger partial charge in [-0.3, -0.25) is 0 Å². The predicted molar refractivity (Wildman–Crippen MR) is 45.5 cm³/mol. The van der Waals surface area contributed by atoms with Crippen molar-refractivity contribution in [1.82, 2.24) is 0 Å². The van der Waals surface area contributed by atoms with Gasteiger partial charge in [0.1, 0.15) is 0 Å². The second-order valence-electron chi connectivity index (χ2n) is 2.85. The second kappa shape index (κ2) is 2.34. The van der Waals surface area contributed by atoms with Crippen molar-refractivity contribution in [2.24, 2.45) is 11.1 Å². The highest BCUT2D eigenvalue weighted by atomic mass is 32.1. The Balaban J connectivity index is 2.52. The number of oxime groups is 1. The molecule has 1 aromatic rings. The number of hydrogen-bond acceptors (Lipinski definition) is 3. The molecular weight excluding hydrogens is 158 g/mol. The first-order valence-electron chi connectivity index (χ1n) is 3.61. The van der Waals surface area contributed by atoms with Crippen molar-refractivity contribution in [2.75, 3.05) is 0 Å². The number of fused-ring (bicyclic) bond motifs is 1. The van der Waals surface area contributed by atoms with Gasteiger partial charge in [0.25, 0.3) is 0 Å².